The predicted octanol–water partition coefficient (Wildman–Crippen LogP) is 1.31. The third-order valence-corrected chi connectivity index (χ3v) is 5.94. The highest BCUT2D eigenvalue weighted by Crippen LogP contribution is 2.51. The molecule has 3 rings (SSSR count). The predicted molar refractivity (Wildman–Crippen MR) is 86.8 cm³/mol. The molecule has 0 aromatic heterocycles. The number of piperidine rings is 1. The van der Waals surface area contributed by atoms with E-state index in [1.165, 1.54) is 0 Å². The van der Waals surface area contributed by atoms with Crippen LogP contribution in [0.15, 0.2) is 0 Å². The van der Waals surface area contributed by atoms with E-state index >= 15 is 0 Å². The first-order chi connectivity index (χ1) is 10.1. The molecule has 3 aliphatic rings. The Balaban J connectivity index is 0.00000176. The molecule has 1 spiro atoms. The molecule has 1 heterocycles. The molecule has 2 saturated carbocycles. The van der Waals surface area contributed by atoms with E-state index in [1.807, 2.05) is 11.8 Å². The number of ether oxygens (including phenoxy) is 1. The summed E-state index contributed by atoms with van der Waals surface area (Å²) >= 11 is 0. The topological polar surface area (TPSA) is 75.8 Å². The monoisotopic (exact) mass is 332 g/mol. The first kappa shape index (κ1) is 18.0. The fourth-order valence-electron chi connectivity index (χ4n) is 4.46. The van der Waals surface area contributed by atoms with Crippen LogP contribution >= 0.6 is 12.4 Å². The van der Waals surface area contributed by atoms with Crippen molar-refractivity contribution >= 4 is 18.3 Å². The Kier molecular flexibility index (Phi) is 5.75. The van der Waals surface area contributed by atoms with Crippen molar-refractivity contribution in [3.05, 3.63) is 0 Å². The maximum atomic E-state index is 12.5. The summed E-state index contributed by atoms with van der Waals surface area (Å²) in [6.45, 7) is 4.21. The van der Waals surface area contributed by atoms with Crippen molar-refractivity contribution < 1.29 is 14.6 Å². The Morgan fingerprint density at radius 3 is 2.50 bits per heavy atom. The normalized spacial score (nSPS) is 36.8. The molecule has 2 aliphatic carbocycles. The van der Waals surface area contributed by atoms with Crippen LogP contribution < -0.4 is 5.73 Å². The van der Waals surface area contributed by atoms with Crippen molar-refractivity contribution in [3.8, 4) is 0 Å². The molecule has 6 heteroatoms. The van der Waals surface area contributed by atoms with Gasteiger partial charge in [-0.05, 0) is 39.0 Å². The summed E-state index contributed by atoms with van der Waals surface area (Å²) in [7, 11) is 0. The molecule has 0 bridgehead atoms. The van der Waals surface area contributed by atoms with Crippen molar-refractivity contribution in [3.63, 3.8) is 0 Å². The van der Waals surface area contributed by atoms with Crippen molar-refractivity contribution in [2.24, 2.45) is 17.1 Å². The van der Waals surface area contributed by atoms with E-state index in [0.29, 0.717) is 6.61 Å². The summed E-state index contributed by atoms with van der Waals surface area (Å²) < 4.78 is 5.77. The number of carbonyl (C=O) groups excluding carboxylic acids is 1. The van der Waals surface area contributed by atoms with Gasteiger partial charge in [0.2, 0.25) is 5.91 Å². The number of likely N-dealkylation sites (tertiary alicyclic amines) is 1. The van der Waals surface area contributed by atoms with Gasteiger partial charge in [-0.1, -0.05) is 0 Å². The Labute approximate surface area is 139 Å². The average Bonchev–Trinajstić information content (AvgIpc) is 2.93. The molecule has 0 aromatic rings. The van der Waals surface area contributed by atoms with Crippen molar-refractivity contribution in [1.82, 2.24) is 4.90 Å². The van der Waals surface area contributed by atoms with Gasteiger partial charge in [0.1, 0.15) is 0 Å². The number of hydrogen-bond acceptors (Lipinski definition) is 4. The molecule has 4 atom stereocenters. The quantitative estimate of drug-likeness (QED) is 0.817. The van der Waals surface area contributed by atoms with Gasteiger partial charge in [0, 0.05) is 43.5 Å². The van der Waals surface area contributed by atoms with Crippen molar-refractivity contribution in [2.75, 3.05) is 19.7 Å². The lowest BCUT2D eigenvalue weighted by atomic mass is 9.58. The Morgan fingerprint density at radius 2 is 2.00 bits per heavy atom. The van der Waals surface area contributed by atoms with E-state index in [2.05, 4.69) is 0 Å². The van der Waals surface area contributed by atoms with Crippen molar-refractivity contribution in [1.29, 1.82) is 0 Å². The second-order valence-corrected chi connectivity index (χ2v) is 7.02. The highest BCUT2D eigenvalue weighted by molar-refractivity contribution is 5.85. The fourth-order valence-corrected chi connectivity index (χ4v) is 4.46. The summed E-state index contributed by atoms with van der Waals surface area (Å²) in [6, 6.07) is 0.200. The van der Waals surface area contributed by atoms with Gasteiger partial charge < -0.3 is 20.5 Å². The van der Waals surface area contributed by atoms with Gasteiger partial charge >= 0.3 is 0 Å². The van der Waals surface area contributed by atoms with Gasteiger partial charge in [-0.2, -0.15) is 0 Å². The van der Waals surface area contributed by atoms with E-state index in [-0.39, 0.29) is 47.9 Å². The van der Waals surface area contributed by atoms with Crippen LogP contribution in [0.1, 0.15) is 45.4 Å². The number of amides is 1. The van der Waals surface area contributed by atoms with Crippen LogP contribution in [0.3, 0.4) is 0 Å². The molecule has 3 fully saturated rings. The number of hydrogen-bond donors (Lipinski definition) is 2. The summed E-state index contributed by atoms with van der Waals surface area (Å²) in [5.41, 5.74) is 5.82. The Bertz CT molecular complexity index is 397. The summed E-state index contributed by atoms with van der Waals surface area (Å²) in [5.74, 6) is 0.405. The number of aliphatic hydroxyl groups is 1. The van der Waals surface area contributed by atoms with Crippen LogP contribution in [0.2, 0.25) is 0 Å². The number of halogens is 1. The lowest BCUT2D eigenvalue weighted by Gasteiger charge is -2.56. The molecule has 128 valence electrons. The number of nitrogens with two attached hydrogens (primary N) is 1. The van der Waals surface area contributed by atoms with Crippen LogP contribution in [0.25, 0.3) is 0 Å². The zero-order valence-electron chi connectivity index (χ0n) is 13.4. The average molecular weight is 333 g/mol. The van der Waals surface area contributed by atoms with Crippen LogP contribution in [0.4, 0.5) is 0 Å². The minimum atomic E-state index is -0.258. The largest absolute Gasteiger partial charge is 0.392 e. The standard InChI is InChI=1S/C16H28N2O3.ClH/c1-2-21-14-10-13(19)16(14)5-7-18(8-6-16)15(20)11-3-4-12(17)9-11;/h11-14,19H,2-10,17H2,1H3;1H. The van der Waals surface area contributed by atoms with Gasteiger partial charge in [-0.3, -0.25) is 4.79 Å². The molecule has 1 saturated heterocycles. The number of rotatable bonds is 3. The molecule has 5 nitrogen and oxygen atoms in total. The Morgan fingerprint density at radius 1 is 1.32 bits per heavy atom. The Hall–Kier alpha value is -0.360. The zero-order valence-corrected chi connectivity index (χ0v) is 14.2. The summed E-state index contributed by atoms with van der Waals surface area (Å²) in [6.07, 6.45) is 5.14. The highest BCUT2D eigenvalue weighted by atomic mass is 35.5. The SMILES string of the molecule is CCOC1CC(O)C12CCN(C(=O)C1CCC(N)C1)CC2.Cl. The minimum Gasteiger partial charge on any atom is -0.392 e. The third-order valence-electron chi connectivity index (χ3n) is 5.94. The molecule has 4 unspecified atom stereocenters. The van der Waals surface area contributed by atoms with Gasteiger partial charge in [0.05, 0.1) is 12.2 Å². The zero-order chi connectivity index (χ0) is 15.0. The maximum absolute atomic E-state index is 12.5. The number of aliphatic hydroxyl groups excluding tert-OH is 1. The third kappa shape index (κ3) is 3.01. The summed E-state index contributed by atoms with van der Waals surface area (Å²) in [5, 5.41) is 10.2. The molecule has 3 N–H and O–H groups in total. The van der Waals surface area contributed by atoms with E-state index in [4.69, 9.17) is 10.5 Å². The second kappa shape index (κ2) is 7.04. The second-order valence-electron chi connectivity index (χ2n) is 7.02. The van der Waals surface area contributed by atoms with Crippen molar-refractivity contribution in [2.45, 2.75) is 63.7 Å². The molecule has 1 amide bonds. The van der Waals surface area contributed by atoms with Gasteiger partial charge in [-0.15, -0.1) is 12.4 Å². The molecule has 22 heavy (non-hydrogen) atoms. The maximum Gasteiger partial charge on any atom is 0.225 e. The smallest absolute Gasteiger partial charge is 0.225 e. The minimum absolute atomic E-state index is 0. The molecular weight excluding hydrogens is 304 g/mol. The van der Waals surface area contributed by atoms with Gasteiger partial charge in [0.15, 0.2) is 0 Å². The number of carbonyl (C=O) groups is 1. The summed E-state index contributed by atoms with van der Waals surface area (Å²) in [4.78, 5) is 14.5. The fraction of sp³-hybridized carbons (Fsp3) is 0.938. The highest BCUT2D eigenvalue weighted by Gasteiger charge is 2.56. The van der Waals surface area contributed by atoms with Crippen LogP contribution in [0, 0.1) is 11.3 Å². The first-order valence-corrected chi connectivity index (χ1v) is 8.41. The lowest BCUT2D eigenvalue weighted by molar-refractivity contribution is -0.210. The van der Waals surface area contributed by atoms with Crippen LogP contribution in [-0.2, 0) is 9.53 Å². The molecule has 0 radical (unpaired) electrons. The molecule has 0 aromatic carbocycles. The molecular formula is C16H29ClN2O3. The first-order valence-electron chi connectivity index (χ1n) is 8.41. The van der Waals surface area contributed by atoms with Gasteiger partial charge in [-0.25, -0.2) is 0 Å². The number of nitrogens with zero attached hydrogens (tertiary/aromatic N) is 1. The lowest BCUT2D eigenvalue weighted by Crippen LogP contribution is -2.63. The van der Waals surface area contributed by atoms with E-state index in [1.54, 1.807) is 0 Å². The van der Waals surface area contributed by atoms with Crippen LogP contribution in [-0.4, -0.2) is 53.9 Å². The van der Waals surface area contributed by atoms with E-state index < -0.39 is 0 Å². The van der Waals surface area contributed by atoms with E-state index in [9.17, 15) is 9.90 Å². The molecule has 1 aliphatic heterocycles. The van der Waals surface area contributed by atoms with Crippen LogP contribution in [0.5, 0.6) is 0 Å². The van der Waals surface area contributed by atoms with Gasteiger partial charge in [0.25, 0.3) is 0 Å². The van der Waals surface area contributed by atoms with E-state index in [0.717, 1.165) is 51.6 Å².